The Hall–Kier alpha value is -2.93. The summed E-state index contributed by atoms with van der Waals surface area (Å²) in [5.41, 5.74) is 6.61. The average molecular weight is 350 g/mol. The Morgan fingerprint density at radius 1 is 0.958 bits per heavy atom. The minimum Gasteiger partial charge on any atom is -0.497 e. The van der Waals surface area contributed by atoms with Crippen LogP contribution in [0.25, 0.3) is 0 Å². The molecular weight excluding hydrogens is 334 g/mol. The van der Waals surface area contributed by atoms with Crippen LogP contribution in [0.4, 0.5) is 17.1 Å². The molecule has 0 saturated heterocycles. The van der Waals surface area contributed by atoms with E-state index >= 15 is 0 Å². The molecule has 2 aromatic rings. The molecule has 0 unspecified atom stereocenters. The molecule has 0 aliphatic rings. The number of nitrogens with one attached hydrogen (secondary N) is 2. The first-order valence-electron chi connectivity index (χ1n) is 6.84. The van der Waals surface area contributed by atoms with E-state index < -0.39 is 11.8 Å². The fourth-order valence-corrected chi connectivity index (χ4v) is 2.14. The number of anilines is 3. The van der Waals surface area contributed by atoms with Crippen molar-refractivity contribution in [2.75, 3.05) is 30.6 Å². The monoisotopic (exact) mass is 349 g/mol. The molecule has 0 saturated carbocycles. The summed E-state index contributed by atoms with van der Waals surface area (Å²) in [7, 11) is 2.94. The second kappa shape index (κ2) is 7.56. The van der Waals surface area contributed by atoms with E-state index in [0.29, 0.717) is 22.9 Å². The first-order valence-corrected chi connectivity index (χ1v) is 7.21. The standard InChI is InChI=1S/C16H16ClN3O4/c1-23-10-4-6-14(24-2)13(8-10)20-16(22)15(21)19-12-5-3-9(18)7-11(12)17/h3-8H,18H2,1-2H3,(H,19,21)(H,20,22). The lowest BCUT2D eigenvalue weighted by molar-refractivity contribution is -0.133. The Morgan fingerprint density at radius 3 is 2.21 bits per heavy atom. The molecule has 0 fully saturated rings. The third-order valence-electron chi connectivity index (χ3n) is 3.10. The molecule has 0 aliphatic carbocycles. The maximum atomic E-state index is 12.1. The van der Waals surface area contributed by atoms with Crippen LogP contribution in [0.5, 0.6) is 11.5 Å². The molecule has 4 N–H and O–H groups in total. The Kier molecular flexibility index (Phi) is 5.49. The fourth-order valence-electron chi connectivity index (χ4n) is 1.90. The van der Waals surface area contributed by atoms with Gasteiger partial charge in [0, 0.05) is 11.8 Å². The summed E-state index contributed by atoms with van der Waals surface area (Å²) in [4.78, 5) is 24.1. The highest BCUT2D eigenvalue weighted by Gasteiger charge is 2.17. The molecule has 2 rings (SSSR count). The predicted octanol–water partition coefficient (Wildman–Crippen LogP) is 2.52. The van der Waals surface area contributed by atoms with Crippen LogP contribution in [0.1, 0.15) is 0 Å². The molecule has 0 radical (unpaired) electrons. The van der Waals surface area contributed by atoms with Crippen LogP contribution in [-0.4, -0.2) is 26.0 Å². The van der Waals surface area contributed by atoms with Crippen molar-refractivity contribution in [2.45, 2.75) is 0 Å². The van der Waals surface area contributed by atoms with Gasteiger partial charge in [-0.25, -0.2) is 0 Å². The lowest BCUT2D eigenvalue weighted by Crippen LogP contribution is -2.29. The molecule has 8 heteroatoms. The van der Waals surface area contributed by atoms with Crippen molar-refractivity contribution >= 4 is 40.5 Å². The maximum Gasteiger partial charge on any atom is 0.314 e. The van der Waals surface area contributed by atoms with Crippen molar-refractivity contribution in [3.63, 3.8) is 0 Å². The average Bonchev–Trinajstić information content (AvgIpc) is 2.57. The molecule has 7 nitrogen and oxygen atoms in total. The summed E-state index contributed by atoms with van der Waals surface area (Å²) in [6.07, 6.45) is 0. The van der Waals surface area contributed by atoms with Gasteiger partial charge in [-0.05, 0) is 30.3 Å². The summed E-state index contributed by atoms with van der Waals surface area (Å²) in [5.74, 6) is -0.864. The molecular formula is C16H16ClN3O4. The molecule has 2 aromatic carbocycles. The predicted molar refractivity (Wildman–Crippen MR) is 92.7 cm³/mol. The zero-order valence-electron chi connectivity index (χ0n) is 13.1. The van der Waals surface area contributed by atoms with E-state index in [1.54, 1.807) is 24.3 Å². The van der Waals surface area contributed by atoms with Crippen LogP contribution in [0.3, 0.4) is 0 Å². The van der Waals surface area contributed by atoms with Gasteiger partial charge in [-0.2, -0.15) is 0 Å². The highest BCUT2D eigenvalue weighted by atomic mass is 35.5. The highest BCUT2D eigenvalue weighted by molar-refractivity contribution is 6.45. The second-order valence-electron chi connectivity index (χ2n) is 4.71. The van der Waals surface area contributed by atoms with Crippen LogP contribution >= 0.6 is 11.6 Å². The molecule has 0 aromatic heterocycles. The number of ether oxygens (including phenoxy) is 2. The third-order valence-corrected chi connectivity index (χ3v) is 3.42. The molecule has 24 heavy (non-hydrogen) atoms. The van der Waals surface area contributed by atoms with Crippen molar-refractivity contribution in [3.05, 3.63) is 41.4 Å². The minimum atomic E-state index is -0.883. The van der Waals surface area contributed by atoms with Gasteiger partial charge in [-0.15, -0.1) is 0 Å². The van der Waals surface area contributed by atoms with Gasteiger partial charge < -0.3 is 25.8 Å². The first kappa shape index (κ1) is 17.4. The quantitative estimate of drug-likeness (QED) is 0.581. The van der Waals surface area contributed by atoms with E-state index in [1.807, 2.05) is 0 Å². The second-order valence-corrected chi connectivity index (χ2v) is 5.12. The number of nitrogen functional groups attached to an aromatic ring is 1. The summed E-state index contributed by atoms with van der Waals surface area (Å²) < 4.78 is 10.2. The van der Waals surface area contributed by atoms with Gasteiger partial charge in [-0.1, -0.05) is 11.6 Å². The molecule has 126 valence electrons. The van der Waals surface area contributed by atoms with Crippen LogP contribution in [-0.2, 0) is 9.59 Å². The van der Waals surface area contributed by atoms with Gasteiger partial charge in [0.2, 0.25) is 0 Å². The van der Waals surface area contributed by atoms with Gasteiger partial charge in [-0.3, -0.25) is 9.59 Å². The van der Waals surface area contributed by atoms with Crippen molar-refractivity contribution in [2.24, 2.45) is 0 Å². The number of halogens is 1. The highest BCUT2D eigenvalue weighted by Crippen LogP contribution is 2.29. The van der Waals surface area contributed by atoms with Crippen molar-refractivity contribution in [1.82, 2.24) is 0 Å². The number of hydrogen-bond donors (Lipinski definition) is 3. The van der Waals surface area contributed by atoms with Crippen molar-refractivity contribution in [1.29, 1.82) is 0 Å². The maximum absolute atomic E-state index is 12.1. The van der Waals surface area contributed by atoms with Gasteiger partial charge in [0.15, 0.2) is 0 Å². The van der Waals surface area contributed by atoms with Crippen molar-refractivity contribution in [3.8, 4) is 11.5 Å². The van der Waals surface area contributed by atoms with E-state index in [-0.39, 0.29) is 10.7 Å². The summed E-state index contributed by atoms with van der Waals surface area (Å²) in [6, 6.07) is 9.37. The number of nitrogens with two attached hydrogens (primary N) is 1. The summed E-state index contributed by atoms with van der Waals surface area (Å²) >= 11 is 5.96. The Labute approximate surface area is 143 Å². The van der Waals surface area contributed by atoms with E-state index in [4.69, 9.17) is 26.8 Å². The lowest BCUT2D eigenvalue weighted by Gasteiger charge is -2.12. The summed E-state index contributed by atoms with van der Waals surface area (Å²) in [6.45, 7) is 0. The van der Waals surface area contributed by atoms with E-state index in [9.17, 15) is 9.59 Å². The van der Waals surface area contributed by atoms with Gasteiger partial charge in [0.05, 0.1) is 30.6 Å². The molecule has 0 heterocycles. The number of carbonyl (C=O) groups is 2. The normalized spacial score (nSPS) is 9.96. The minimum absolute atomic E-state index is 0.232. The zero-order valence-corrected chi connectivity index (χ0v) is 13.8. The topological polar surface area (TPSA) is 103 Å². The van der Waals surface area contributed by atoms with Crippen LogP contribution in [0.2, 0.25) is 5.02 Å². The van der Waals surface area contributed by atoms with Crippen molar-refractivity contribution < 1.29 is 19.1 Å². The number of methoxy groups -OCH3 is 2. The molecule has 0 atom stereocenters. The van der Waals surface area contributed by atoms with E-state index in [1.165, 1.54) is 26.4 Å². The van der Waals surface area contributed by atoms with Gasteiger partial charge in [0.1, 0.15) is 11.5 Å². The van der Waals surface area contributed by atoms with Gasteiger partial charge in [0.25, 0.3) is 0 Å². The number of benzene rings is 2. The molecule has 0 bridgehead atoms. The molecule has 2 amide bonds. The largest absolute Gasteiger partial charge is 0.497 e. The van der Waals surface area contributed by atoms with Gasteiger partial charge >= 0.3 is 11.8 Å². The Morgan fingerprint density at radius 2 is 1.62 bits per heavy atom. The fraction of sp³-hybridized carbons (Fsp3) is 0.125. The zero-order chi connectivity index (χ0) is 17.7. The van der Waals surface area contributed by atoms with Crippen LogP contribution in [0, 0.1) is 0 Å². The Balaban J connectivity index is 2.13. The lowest BCUT2D eigenvalue weighted by atomic mass is 10.2. The SMILES string of the molecule is COc1ccc(OC)c(NC(=O)C(=O)Nc2ccc(N)cc2Cl)c1. The van der Waals surface area contributed by atoms with Crippen LogP contribution in [0.15, 0.2) is 36.4 Å². The molecule has 0 aliphatic heterocycles. The smallest absolute Gasteiger partial charge is 0.314 e. The van der Waals surface area contributed by atoms with Crippen LogP contribution < -0.4 is 25.8 Å². The first-order chi connectivity index (χ1) is 11.4. The Bertz CT molecular complexity index is 780. The molecule has 0 spiro atoms. The third kappa shape index (κ3) is 4.08. The number of hydrogen-bond acceptors (Lipinski definition) is 5. The van der Waals surface area contributed by atoms with E-state index in [0.717, 1.165) is 0 Å². The number of amides is 2. The number of rotatable bonds is 4. The number of carbonyl (C=O) groups excluding carboxylic acids is 2. The summed E-state index contributed by atoms with van der Waals surface area (Å²) in [5, 5.41) is 5.11. The van der Waals surface area contributed by atoms with E-state index in [2.05, 4.69) is 10.6 Å².